The third-order valence-corrected chi connectivity index (χ3v) is 5.49. The van der Waals surface area contributed by atoms with E-state index in [-0.39, 0.29) is 6.10 Å². The van der Waals surface area contributed by atoms with Crippen molar-refractivity contribution in [3.63, 3.8) is 0 Å². The van der Waals surface area contributed by atoms with E-state index in [0.717, 1.165) is 50.3 Å². The minimum absolute atomic E-state index is 0.144. The van der Waals surface area contributed by atoms with Gasteiger partial charge in [0.25, 0.3) is 0 Å². The molecule has 3 rings (SSSR count). The van der Waals surface area contributed by atoms with E-state index in [1.54, 1.807) is 0 Å². The maximum Gasteiger partial charge on any atom is 0.0693 e. The number of rotatable bonds is 4. The van der Waals surface area contributed by atoms with Crippen LogP contribution < -0.4 is 5.32 Å². The lowest BCUT2D eigenvalue weighted by atomic mass is 9.91. The number of aliphatic hydroxyl groups excluding tert-OH is 1. The van der Waals surface area contributed by atoms with Gasteiger partial charge in [0.1, 0.15) is 0 Å². The first-order chi connectivity index (χ1) is 10.7. The summed E-state index contributed by atoms with van der Waals surface area (Å²) in [5.74, 6) is 0. The molecule has 1 aliphatic carbocycles. The van der Waals surface area contributed by atoms with Crippen LogP contribution in [0.3, 0.4) is 0 Å². The van der Waals surface area contributed by atoms with Crippen molar-refractivity contribution in [3.05, 3.63) is 34.9 Å². The summed E-state index contributed by atoms with van der Waals surface area (Å²) >= 11 is 6.25. The molecular weight excluding hydrogens is 296 g/mol. The van der Waals surface area contributed by atoms with Gasteiger partial charge in [-0.1, -0.05) is 42.6 Å². The van der Waals surface area contributed by atoms with Gasteiger partial charge in [0.2, 0.25) is 0 Å². The van der Waals surface area contributed by atoms with Gasteiger partial charge in [0.05, 0.1) is 6.10 Å². The summed E-state index contributed by atoms with van der Waals surface area (Å²) < 4.78 is 0. The van der Waals surface area contributed by atoms with E-state index >= 15 is 0 Å². The Morgan fingerprint density at radius 1 is 1.09 bits per heavy atom. The summed E-state index contributed by atoms with van der Waals surface area (Å²) in [6, 6.07) is 8.99. The van der Waals surface area contributed by atoms with Crippen molar-refractivity contribution in [3.8, 4) is 0 Å². The van der Waals surface area contributed by atoms with Crippen LogP contribution in [-0.2, 0) is 6.54 Å². The van der Waals surface area contributed by atoms with E-state index in [4.69, 9.17) is 11.6 Å². The first kappa shape index (κ1) is 16.3. The van der Waals surface area contributed by atoms with Crippen molar-refractivity contribution in [2.45, 2.75) is 63.3 Å². The quantitative estimate of drug-likeness (QED) is 0.893. The second-order valence-electron chi connectivity index (χ2n) is 6.77. The van der Waals surface area contributed by atoms with Gasteiger partial charge < -0.3 is 10.4 Å². The van der Waals surface area contributed by atoms with Gasteiger partial charge in [-0.05, 0) is 50.4 Å². The van der Waals surface area contributed by atoms with E-state index in [1.807, 2.05) is 12.1 Å². The Balaban J connectivity index is 1.45. The normalized spacial score (nSPS) is 27.9. The van der Waals surface area contributed by atoms with Crippen molar-refractivity contribution in [2.24, 2.45) is 0 Å². The second kappa shape index (κ2) is 7.78. The molecule has 2 unspecified atom stereocenters. The fraction of sp³-hybridized carbons (Fsp3) is 0.667. The molecule has 1 heterocycles. The zero-order valence-corrected chi connectivity index (χ0v) is 13.9. The van der Waals surface area contributed by atoms with Crippen molar-refractivity contribution in [1.29, 1.82) is 0 Å². The molecule has 22 heavy (non-hydrogen) atoms. The summed E-state index contributed by atoms with van der Waals surface area (Å²) in [7, 11) is 0. The molecule has 0 amide bonds. The second-order valence-corrected chi connectivity index (χ2v) is 7.17. The highest BCUT2D eigenvalue weighted by Gasteiger charge is 2.27. The SMILES string of the molecule is OC1CCCCC1NC1CCN(Cc2ccccc2Cl)CC1. The molecule has 2 N–H and O–H groups in total. The highest BCUT2D eigenvalue weighted by Crippen LogP contribution is 2.22. The van der Waals surface area contributed by atoms with Crippen LogP contribution in [0.15, 0.2) is 24.3 Å². The first-order valence-corrected chi connectivity index (χ1v) is 9.00. The predicted molar refractivity (Wildman–Crippen MR) is 91.1 cm³/mol. The average molecular weight is 323 g/mol. The lowest BCUT2D eigenvalue weighted by Crippen LogP contribution is -2.50. The van der Waals surface area contributed by atoms with E-state index in [1.165, 1.54) is 18.4 Å². The smallest absolute Gasteiger partial charge is 0.0693 e. The van der Waals surface area contributed by atoms with E-state index in [9.17, 15) is 5.11 Å². The van der Waals surface area contributed by atoms with Crippen molar-refractivity contribution >= 4 is 11.6 Å². The molecule has 0 radical (unpaired) electrons. The summed E-state index contributed by atoms with van der Waals surface area (Å²) in [4.78, 5) is 2.48. The minimum Gasteiger partial charge on any atom is -0.392 e. The molecule has 2 atom stereocenters. The Morgan fingerprint density at radius 3 is 2.55 bits per heavy atom. The maximum absolute atomic E-state index is 10.1. The highest BCUT2D eigenvalue weighted by atomic mass is 35.5. The monoisotopic (exact) mass is 322 g/mol. The number of aliphatic hydroxyl groups is 1. The van der Waals surface area contributed by atoms with Gasteiger partial charge in [-0.25, -0.2) is 0 Å². The van der Waals surface area contributed by atoms with E-state index in [0.29, 0.717) is 12.1 Å². The fourth-order valence-corrected chi connectivity index (χ4v) is 3.93. The van der Waals surface area contributed by atoms with Crippen LogP contribution in [0.1, 0.15) is 44.1 Å². The van der Waals surface area contributed by atoms with Crippen LogP contribution in [0.25, 0.3) is 0 Å². The topological polar surface area (TPSA) is 35.5 Å². The third-order valence-electron chi connectivity index (χ3n) is 5.12. The molecule has 122 valence electrons. The lowest BCUT2D eigenvalue weighted by Gasteiger charge is -2.37. The van der Waals surface area contributed by atoms with Crippen molar-refractivity contribution in [2.75, 3.05) is 13.1 Å². The van der Waals surface area contributed by atoms with Gasteiger partial charge >= 0.3 is 0 Å². The van der Waals surface area contributed by atoms with Crippen molar-refractivity contribution in [1.82, 2.24) is 10.2 Å². The summed E-state index contributed by atoms with van der Waals surface area (Å²) in [6.07, 6.45) is 6.69. The van der Waals surface area contributed by atoms with Crippen LogP contribution in [0, 0.1) is 0 Å². The van der Waals surface area contributed by atoms with Crippen LogP contribution in [-0.4, -0.2) is 41.3 Å². The molecule has 0 bridgehead atoms. The Kier molecular flexibility index (Phi) is 5.75. The molecule has 2 aliphatic rings. The average Bonchev–Trinajstić information content (AvgIpc) is 2.54. The standard InChI is InChI=1S/C18H27ClN2O/c19-16-6-2-1-5-14(16)13-21-11-9-15(10-12-21)20-17-7-3-4-8-18(17)22/h1-2,5-6,15,17-18,20,22H,3-4,7-13H2. The molecule has 1 saturated heterocycles. The Morgan fingerprint density at radius 2 is 1.82 bits per heavy atom. The molecule has 2 fully saturated rings. The molecule has 0 spiro atoms. The number of nitrogens with one attached hydrogen (secondary N) is 1. The molecule has 4 heteroatoms. The molecule has 3 nitrogen and oxygen atoms in total. The summed E-state index contributed by atoms with van der Waals surface area (Å²) in [5, 5.41) is 14.7. The number of nitrogens with zero attached hydrogens (tertiary/aromatic N) is 1. The third kappa shape index (κ3) is 4.23. The Labute approximate surface area is 138 Å². The molecule has 1 aliphatic heterocycles. The molecular formula is C18H27ClN2O. The predicted octanol–water partition coefficient (Wildman–Crippen LogP) is 3.20. The van der Waals surface area contributed by atoms with Gasteiger partial charge in [-0.2, -0.15) is 0 Å². The number of benzene rings is 1. The van der Waals surface area contributed by atoms with E-state index < -0.39 is 0 Å². The zero-order valence-electron chi connectivity index (χ0n) is 13.2. The summed E-state index contributed by atoms with van der Waals surface area (Å²) in [5.41, 5.74) is 1.22. The van der Waals surface area contributed by atoms with Gasteiger partial charge in [0.15, 0.2) is 0 Å². The molecule has 1 aromatic rings. The highest BCUT2D eigenvalue weighted by molar-refractivity contribution is 6.31. The summed E-state index contributed by atoms with van der Waals surface area (Å²) in [6.45, 7) is 3.15. The van der Waals surface area contributed by atoms with E-state index in [2.05, 4.69) is 22.3 Å². The molecule has 1 saturated carbocycles. The molecule has 1 aromatic carbocycles. The van der Waals surface area contributed by atoms with Crippen molar-refractivity contribution < 1.29 is 5.11 Å². The number of piperidine rings is 1. The van der Waals surface area contributed by atoms with Crippen LogP contribution in [0.4, 0.5) is 0 Å². The first-order valence-electron chi connectivity index (χ1n) is 8.62. The lowest BCUT2D eigenvalue weighted by molar-refractivity contribution is 0.0759. The number of halogens is 1. The van der Waals surface area contributed by atoms with Crippen LogP contribution >= 0.6 is 11.6 Å². The largest absolute Gasteiger partial charge is 0.392 e. The van der Waals surface area contributed by atoms with Gasteiger partial charge in [-0.3, -0.25) is 4.90 Å². The van der Waals surface area contributed by atoms with Crippen LogP contribution in [0.2, 0.25) is 5.02 Å². The number of hydrogen-bond acceptors (Lipinski definition) is 3. The molecule has 0 aromatic heterocycles. The van der Waals surface area contributed by atoms with Gasteiger partial charge in [0, 0.05) is 23.7 Å². The van der Waals surface area contributed by atoms with Crippen LogP contribution in [0.5, 0.6) is 0 Å². The maximum atomic E-state index is 10.1. The number of hydrogen-bond donors (Lipinski definition) is 2. The minimum atomic E-state index is -0.144. The Hall–Kier alpha value is -0.610. The van der Waals surface area contributed by atoms with Gasteiger partial charge in [-0.15, -0.1) is 0 Å². The Bertz CT molecular complexity index is 474. The fourth-order valence-electron chi connectivity index (χ4n) is 3.73. The number of likely N-dealkylation sites (tertiary alicyclic amines) is 1. The zero-order chi connectivity index (χ0) is 15.4.